The fourth-order valence-corrected chi connectivity index (χ4v) is 3.68. The van der Waals surface area contributed by atoms with Crippen LogP contribution in [0.2, 0.25) is 0 Å². The van der Waals surface area contributed by atoms with Gasteiger partial charge in [-0.1, -0.05) is 60.7 Å². The summed E-state index contributed by atoms with van der Waals surface area (Å²) in [7, 11) is 0. The van der Waals surface area contributed by atoms with E-state index in [9.17, 15) is 0 Å². The van der Waals surface area contributed by atoms with Crippen molar-refractivity contribution in [1.82, 2.24) is 0 Å². The van der Waals surface area contributed by atoms with Gasteiger partial charge >= 0.3 is 0 Å². The first-order chi connectivity index (χ1) is 13.6. The molecule has 2 aromatic carbocycles. The molecule has 0 aromatic heterocycles. The SMILES string of the molecule is CC1(C)OC2CC(C(COCc3ccccc3)OCc3ccccc3)OC2O1. The molecule has 2 aromatic rings. The first kappa shape index (κ1) is 19.6. The standard InChI is InChI=1S/C23H28O5/c1-23(2)27-20-13-19(26-22(20)28-23)21(25-15-18-11-7-4-8-12-18)16-24-14-17-9-5-3-6-10-17/h3-12,19-22H,13-16H2,1-2H3. The monoisotopic (exact) mass is 384 g/mol. The molecule has 2 saturated heterocycles. The maximum atomic E-state index is 6.21. The highest BCUT2D eigenvalue weighted by molar-refractivity contribution is 5.14. The predicted molar refractivity (Wildman–Crippen MR) is 104 cm³/mol. The zero-order chi connectivity index (χ0) is 19.4. The number of benzene rings is 2. The Bertz CT molecular complexity index is 717. The predicted octanol–water partition coefficient (Wildman–Crippen LogP) is 4.06. The van der Waals surface area contributed by atoms with E-state index in [1.807, 2.05) is 50.2 Å². The van der Waals surface area contributed by atoms with Gasteiger partial charge in [0.15, 0.2) is 12.1 Å². The lowest BCUT2D eigenvalue weighted by Gasteiger charge is -2.26. The topological polar surface area (TPSA) is 46.2 Å². The average molecular weight is 384 g/mol. The zero-order valence-electron chi connectivity index (χ0n) is 16.5. The molecule has 2 aliphatic rings. The van der Waals surface area contributed by atoms with Crippen LogP contribution in [0.5, 0.6) is 0 Å². The fraction of sp³-hybridized carbons (Fsp3) is 0.478. The molecule has 2 fully saturated rings. The van der Waals surface area contributed by atoms with Gasteiger partial charge in [-0.3, -0.25) is 0 Å². The van der Waals surface area contributed by atoms with Crippen LogP contribution >= 0.6 is 0 Å². The largest absolute Gasteiger partial charge is 0.374 e. The zero-order valence-corrected chi connectivity index (χ0v) is 16.5. The van der Waals surface area contributed by atoms with Gasteiger partial charge in [0, 0.05) is 6.42 Å². The van der Waals surface area contributed by atoms with Gasteiger partial charge in [0.1, 0.15) is 12.2 Å². The Hall–Kier alpha value is -1.76. The van der Waals surface area contributed by atoms with E-state index in [-0.39, 0.29) is 24.6 Å². The number of rotatable bonds is 8. The summed E-state index contributed by atoms with van der Waals surface area (Å²) in [4.78, 5) is 0. The van der Waals surface area contributed by atoms with Crippen molar-refractivity contribution >= 4 is 0 Å². The van der Waals surface area contributed by atoms with E-state index in [4.69, 9.17) is 23.7 Å². The Morgan fingerprint density at radius 2 is 1.57 bits per heavy atom. The first-order valence-electron chi connectivity index (χ1n) is 9.87. The Morgan fingerprint density at radius 3 is 2.21 bits per heavy atom. The van der Waals surface area contributed by atoms with Gasteiger partial charge in [-0.2, -0.15) is 0 Å². The molecule has 4 unspecified atom stereocenters. The van der Waals surface area contributed by atoms with Gasteiger partial charge in [-0.25, -0.2) is 0 Å². The highest BCUT2D eigenvalue weighted by Gasteiger charge is 2.50. The molecular formula is C23H28O5. The molecule has 0 saturated carbocycles. The van der Waals surface area contributed by atoms with Gasteiger partial charge in [0.2, 0.25) is 0 Å². The summed E-state index contributed by atoms with van der Waals surface area (Å²) in [6, 6.07) is 20.3. The van der Waals surface area contributed by atoms with Crippen molar-refractivity contribution in [3.8, 4) is 0 Å². The van der Waals surface area contributed by atoms with Crippen LogP contribution in [0.1, 0.15) is 31.4 Å². The van der Waals surface area contributed by atoms with Crippen molar-refractivity contribution in [1.29, 1.82) is 0 Å². The molecule has 0 aliphatic carbocycles. The highest BCUT2D eigenvalue weighted by atomic mass is 16.8. The van der Waals surface area contributed by atoms with Crippen LogP contribution in [0.3, 0.4) is 0 Å². The molecule has 0 amide bonds. The maximum Gasteiger partial charge on any atom is 0.187 e. The summed E-state index contributed by atoms with van der Waals surface area (Å²) < 4.78 is 30.1. The van der Waals surface area contributed by atoms with Crippen LogP contribution in [0.4, 0.5) is 0 Å². The second-order valence-corrected chi connectivity index (χ2v) is 7.79. The Morgan fingerprint density at radius 1 is 0.929 bits per heavy atom. The van der Waals surface area contributed by atoms with Crippen molar-refractivity contribution in [3.05, 3.63) is 71.8 Å². The van der Waals surface area contributed by atoms with Crippen LogP contribution in [-0.2, 0) is 36.9 Å². The van der Waals surface area contributed by atoms with Crippen LogP contribution in [-0.4, -0.2) is 37.0 Å². The van der Waals surface area contributed by atoms with Gasteiger partial charge in [0.05, 0.1) is 25.9 Å². The van der Waals surface area contributed by atoms with E-state index < -0.39 is 5.79 Å². The van der Waals surface area contributed by atoms with Crippen molar-refractivity contribution in [2.75, 3.05) is 6.61 Å². The Kier molecular flexibility index (Phi) is 6.09. The average Bonchev–Trinajstić information content (AvgIpc) is 3.19. The molecule has 4 atom stereocenters. The summed E-state index contributed by atoms with van der Waals surface area (Å²) in [6.07, 6.45) is 0.0340. The van der Waals surface area contributed by atoms with Crippen molar-refractivity contribution in [2.24, 2.45) is 0 Å². The van der Waals surface area contributed by atoms with E-state index in [1.165, 1.54) is 0 Å². The van der Waals surface area contributed by atoms with Crippen LogP contribution < -0.4 is 0 Å². The summed E-state index contributed by atoms with van der Waals surface area (Å²) in [5, 5.41) is 0. The second-order valence-electron chi connectivity index (χ2n) is 7.79. The number of ether oxygens (including phenoxy) is 5. The van der Waals surface area contributed by atoms with Gasteiger partial charge in [0.25, 0.3) is 0 Å². The minimum Gasteiger partial charge on any atom is -0.374 e. The summed E-state index contributed by atoms with van der Waals surface area (Å²) in [5.41, 5.74) is 2.27. The van der Waals surface area contributed by atoms with Crippen molar-refractivity contribution in [2.45, 2.75) is 63.9 Å². The third-order valence-electron chi connectivity index (χ3n) is 5.03. The summed E-state index contributed by atoms with van der Waals surface area (Å²) >= 11 is 0. The van der Waals surface area contributed by atoms with Crippen molar-refractivity contribution in [3.63, 3.8) is 0 Å². The molecule has 0 radical (unpaired) electrons. The second kappa shape index (κ2) is 8.72. The Labute approximate surface area is 166 Å². The molecule has 28 heavy (non-hydrogen) atoms. The maximum absolute atomic E-state index is 6.21. The molecule has 0 bridgehead atoms. The first-order valence-corrected chi connectivity index (χ1v) is 9.87. The van der Waals surface area contributed by atoms with E-state index >= 15 is 0 Å². The molecule has 150 valence electrons. The molecule has 5 nitrogen and oxygen atoms in total. The number of fused-ring (bicyclic) bond motifs is 1. The highest BCUT2D eigenvalue weighted by Crippen LogP contribution is 2.38. The van der Waals surface area contributed by atoms with Crippen molar-refractivity contribution < 1.29 is 23.7 Å². The Balaban J connectivity index is 1.35. The fourth-order valence-electron chi connectivity index (χ4n) is 3.68. The third kappa shape index (κ3) is 4.99. The van der Waals surface area contributed by atoms with Gasteiger partial charge in [-0.05, 0) is 25.0 Å². The summed E-state index contributed by atoms with van der Waals surface area (Å²) in [6.45, 7) is 5.34. The molecule has 2 aliphatic heterocycles. The van der Waals surface area contributed by atoms with Crippen LogP contribution in [0.25, 0.3) is 0 Å². The number of hydrogen-bond donors (Lipinski definition) is 0. The lowest BCUT2D eigenvalue weighted by atomic mass is 10.1. The lowest BCUT2D eigenvalue weighted by molar-refractivity contribution is -0.221. The van der Waals surface area contributed by atoms with Crippen LogP contribution in [0.15, 0.2) is 60.7 Å². The lowest BCUT2D eigenvalue weighted by Crippen LogP contribution is -2.35. The van der Waals surface area contributed by atoms with E-state index in [2.05, 4.69) is 24.3 Å². The molecular weight excluding hydrogens is 356 g/mol. The van der Waals surface area contributed by atoms with E-state index in [0.717, 1.165) is 17.5 Å². The molecule has 4 rings (SSSR count). The smallest absolute Gasteiger partial charge is 0.187 e. The minimum absolute atomic E-state index is 0.0584. The minimum atomic E-state index is -0.593. The van der Waals surface area contributed by atoms with E-state index in [1.54, 1.807) is 0 Å². The molecule has 0 spiro atoms. The normalized spacial score (nSPS) is 26.9. The molecule has 0 N–H and O–H groups in total. The molecule has 2 heterocycles. The summed E-state index contributed by atoms with van der Waals surface area (Å²) in [5.74, 6) is -0.593. The van der Waals surface area contributed by atoms with Gasteiger partial charge in [-0.15, -0.1) is 0 Å². The third-order valence-corrected chi connectivity index (χ3v) is 5.03. The number of hydrogen-bond acceptors (Lipinski definition) is 5. The quantitative estimate of drug-likeness (QED) is 0.687. The van der Waals surface area contributed by atoms with Gasteiger partial charge < -0.3 is 23.7 Å². The van der Waals surface area contributed by atoms with Crippen LogP contribution in [0, 0.1) is 0 Å². The molecule has 5 heteroatoms. The van der Waals surface area contributed by atoms with E-state index in [0.29, 0.717) is 19.8 Å².